The Morgan fingerprint density at radius 3 is 2.81 bits per heavy atom. The number of likely N-dealkylation sites (tertiary alicyclic amines) is 1. The van der Waals surface area contributed by atoms with E-state index in [1.807, 2.05) is 12.1 Å². The molecule has 5 heteroatoms. The van der Waals surface area contributed by atoms with Crippen LogP contribution in [0.2, 0.25) is 5.02 Å². The molecule has 0 aromatic heterocycles. The van der Waals surface area contributed by atoms with Crippen molar-refractivity contribution in [3.05, 3.63) is 58.1 Å². The Balaban J connectivity index is 1.42. The summed E-state index contributed by atoms with van der Waals surface area (Å²) >= 11 is 6.16. The summed E-state index contributed by atoms with van der Waals surface area (Å²) < 4.78 is 5.24. The number of nitrogens with zero attached hydrogens (tertiary/aromatic N) is 2. The van der Waals surface area contributed by atoms with E-state index >= 15 is 0 Å². The lowest BCUT2D eigenvalue weighted by Gasteiger charge is -2.41. The van der Waals surface area contributed by atoms with Gasteiger partial charge in [-0.15, -0.1) is 0 Å². The molecule has 0 spiro atoms. The summed E-state index contributed by atoms with van der Waals surface area (Å²) in [6.07, 6.45) is 3.63. The number of rotatable bonds is 4. The van der Waals surface area contributed by atoms with Crippen molar-refractivity contribution in [1.29, 1.82) is 0 Å². The molecule has 0 amide bonds. The Kier molecular flexibility index (Phi) is 5.58. The molecule has 2 aliphatic rings. The Hall–Kier alpha value is -1.75. The van der Waals surface area contributed by atoms with Gasteiger partial charge in [-0.3, -0.25) is 9.80 Å². The molecular formula is C22H27ClN2O2. The summed E-state index contributed by atoms with van der Waals surface area (Å²) in [6.45, 7) is 5.21. The second-order valence-electron chi connectivity index (χ2n) is 7.65. The Morgan fingerprint density at radius 2 is 2.00 bits per heavy atom. The quantitative estimate of drug-likeness (QED) is 0.859. The number of halogens is 1. The van der Waals surface area contributed by atoms with Crippen LogP contribution in [0.4, 0.5) is 0 Å². The molecule has 2 aliphatic heterocycles. The highest BCUT2D eigenvalue weighted by Gasteiger charge is 2.28. The summed E-state index contributed by atoms with van der Waals surface area (Å²) in [5.74, 6) is 0.463. The summed E-state index contributed by atoms with van der Waals surface area (Å²) in [4.78, 5) is 5.15. The van der Waals surface area contributed by atoms with E-state index < -0.39 is 0 Å². The number of benzene rings is 2. The molecule has 1 saturated heterocycles. The minimum atomic E-state index is 0.0198. The van der Waals surface area contributed by atoms with Crippen molar-refractivity contribution in [2.75, 3.05) is 26.7 Å². The zero-order valence-electron chi connectivity index (χ0n) is 15.8. The van der Waals surface area contributed by atoms with Gasteiger partial charge in [0.05, 0.1) is 12.1 Å². The molecule has 2 aromatic rings. The van der Waals surface area contributed by atoms with Gasteiger partial charge in [0.15, 0.2) is 11.5 Å². The standard InChI is InChI=1S/C22H27ClN2O2/c1-27-21-12-16(11-20(23)22(21)26)13-24-9-4-7-19(15-24)25-10-8-17-5-2-3-6-18(17)14-25/h2-3,5-6,11-12,19,26H,4,7-10,13-15H2,1H3. The topological polar surface area (TPSA) is 35.9 Å². The fourth-order valence-electron chi connectivity index (χ4n) is 4.43. The fourth-order valence-corrected chi connectivity index (χ4v) is 4.67. The molecule has 1 atom stereocenters. The molecule has 0 radical (unpaired) electrons. The largest absolute Gasteiger partial charge is 0.503 e. The van der Waals surface area contributed by atoms with E-state index in [-0.39, 0.29) is 5.75 Å². The average Bonchev–Trinajstić information content (AvgIpc) is 2.70. The van der Waals surface area contributed by atoms with Gasteiger partial charge in [0.25, 0.3) is 0 Å². The average molecular weight is 387 g/mol. The number of hydrogen-bond acceptors (Lipinski definition) is 4. The molecule has 144 valence electrons. The maximum absolute atomic E-state index is 9.94. The van der Waals surface area contributed by atoms with Crippen molar-refractivity contribution in [3.8, 4) is 11.5 Å². The van der Waals surface area contributed by atoms with Gasteiger partial charge in [0.2, 0.25) is 0 Å². The first kappa shape index (κ1) is 18.6. The molecule has 2 heterocycles. The van der Waals surface area contributed by atoms with Gasteiger partial charge in [0.1, 0.15) is 0 Å². The third-order valence-corrected chi connectivity index (χ3v) is 6.16. The molecule has 27 heavy (non-hydrogen) atoms. The monoisotopic (exact) mass is 386 g/mol. The van der Waals surface area contributed by atoms with E-state index in [9.17, 15) is 5.11 Å². The van der Waals surface area contributed by atoms with E-state index in [1.165, 1.54) is 24.0 Å². The molecular weight excluding hydrogens is 360 g/mol. The maximum Gasteiger partial charge on any atom is 0.176 e. The minimum absolute atomic E-state index is 0.0198. The van der Waals surface area contributed by atoms with Gasteiger partial charge in [-0.2, -0.15) is 0 Å². The summed E-state index contributed by atoms with van der Waals surface area (Å²) in [6, 6.07) is 13.2. The van der Waals surface area contributed by atoms with E-state index in [0.717, 1.165) is 44.7 Å². The third-order valence-electron chi connectivity index (χ3n) is 5.87. The van der Waals surface area contributed by atoms with Gasteiger partial charge >= 0.3 is 0 Å². The van der Waals surface area contributed by atoms with Crippen LogP contribution in [0.5, 0.6) is 11.5 Å². The van der Waals surface area contributed by atoms with Crippen LogP contribution in [0.1, 0.15) is 29.5 Å². The molecule has 0 bridgehead atoms. The minimum Gasteiger partial charge on any atom is -0.503 e. The smallest absolute Gasteiger partial charge is 0.176 e. The molecule has 1 N–H and O–H groups in total. The van der Waals surface area contributed by atoms with Crippen LogP contribution in [0.3, 0.4) is 0 Å². The van der Waals surface area contributed by atoms with Crippen molar-refractivity contribution in [2.24, 2.45) is 0 Å². The van der Waals surface area contributed by atoms with Gasteiger partial charge in [-0.25, -0.2) is 0 Å². The van der Waals surface area contributed by atoms with Crippen LogP contribution in [0, 0.1) is 0 Å². The number of methoxy groups -OCH3 is 1. The van der Waals surface area contributed by atoms with Crippen molar-refractivity contribution >= 4 is 11.6 Å². The molecule has 2 aromatic carbocycles. The number of aromatic hydroxyl groups is 1. The molecule has 1 fully saturated rings. The van der Waals surface area contributed by atoms with Gasteiger partial charge in [0, 0.05) is 32.2 Å². The first-order valence-electron chi connectivity index (χ1n) is 9.72. The predicted molar refractivity (Wildman–Crippen MR) is 109 cm³/mol. The predicted octanol–water partition coefficient (Wildman–Crippen LogP) is 4.08. The SMILES string of the molecule is COc1cc(CN2CCCC(N3CCc4ccccc4C3)C2)cc(Cl)c1O. The highest BCUT2D eigenvalue weighted by atomic mass is 35.5. The van der Waals surface area contributed by atoms with Crippen LogP contribution in [0.15, 0.2) is 36.4 Å². The second kappa shape index (κ2) is 8.09. The first-order valence-corrected chi connectivity index (χ1v) is 10.1. The lowest BCUT2D eigenvalue weighted by molar-refractivity contribution is 0.0838. The number of phenolic OH excluding ortho intramolecular Hbond substituents is 1. The highest BCUT2D eigenvalue weighted by molar-refractivity contribution is 6.32. The van der Waals surface area contributed by atoms with Gasteiger partial charge in [-0.05, 0) is 54.6 Å². The Labute approximate surface area is 166 Å². The lowest BCUT2D eigenvalue weighted by Crippen LogP contribution is -2.49. The first-order chi connectivity index (χ1) is 13.1. The van der Waals surface area contributed by atoms with Crippen LogP contribution in [0.25, 0.3) is 0 Å². The van der Waals surface area contributed by atoms with Crippen LogP contribution < -0.4 is 4.74 Å². The zero-order valence-corrected chi connectivity index (χ0v) is 16.6. The van der Waals surface area contributed by atoms with E-state index in [2.05, 4.69) is 34.1 Å². The van der Waals surface area contributed by atoms with Gasteiger partial charge < -0.3 is 9.84 Å². The van der Waals surface area contributed by atoms with Gasteiger partial charge in [-0.1, -0.05) is 35.9 Å². The number of phenols is 1. The van der Waals surface area contributed by atoms with Crippen molar-refractivity contribution in [3.63, 3.8) is 0 Å². The zero-order chi connectivity index (χ0) is 18.8. The lowest BCUT2D eigenvalue weighted by atomic mass is 9.96. The summed E-state index contributed by atoms with van der Waals surface area (Å²) in [5.41, 5.74) is 4.07. The molecule has 4 nitrogen and oxygen atoms in total. The normalized spacial score (nSPS) is 21.0. The fraction of sp³-hybridized carbons (Fsp3) is 0.455. The molecule has 0 saturated carbocycles. The summed E-state index contributed by atoms with van der Waals surface area (Å²) in [7, 11) is 1.56. The number of ether oxygens (including phenoxy) is 1. The second-order valence-corrected chi connectivity index (χ2v) is 8.06. The van der Waals surface area contributed by atoms with Crippen LogP contribution in [-0.4, -0.2) is 47.7 Å². The Bertz CT molecular complexity index is 811. The maximum atomic E-state index is 9.94. The Morgan fingerprint density at radius 1 is 1.19 bits per heavy atom. The van der Waals surface area contributed by atoms with Crippen molar-refractivity contribution in [2.45, 2.75) is 38.4 Å². The molecule has 4 rings (SSSR count). The highest BCUT2D eigenvalue weighted by Crippen LogP contribution is 2.35. The number of hydrogen-bond donors (Lipinski definition) is 1. The summed E-state index contributed by atoms with van der Waals surface area (Å²) in [5, 5.41) is 10.3. The van der Waals surface area contributed by atoms with E-state index in [4.69, 9.17) is 16.3 Å². The van der Waals surface area contributed by atoms with E-state index in [1.54, 1.807) is 7.11 Å². The number of fused-ring (bicyclic) bond motifs is 1. The van der Waals surface area contributed by atoms with Crippen molar-refractivity contribution in [1.82, 2.24) is 9.80 Å². The van der Waals surface area contributed by atoms with Crippen LogP contribution >= 0.6 is 11.6 Å². The third kappa shape index (κ3) is 4.08. The number of piperidine rings is 1. The molecule has 1 unspecified atom stereocenters. The van der Waals surface area contributed by atoms with Crippen LogP contribution in [-0.2, 0) is 19.5 Å². The van der Waals surface area contributed by atoms with E-state index in [0.29, 0.717) is 16.8 Å². The molecule has 0 aliphatic carbocycles. The van der Waals surface area contributed by atoms with Crippen molar-refractivity contribution < 1.29 is 9.84 Å².